The normalized spacial score (nSPS) is 23.5. The third kappa shape index (κ3) is 5.74. The first-order chi connectivity index (χ1) is 18.9. The molecule has 2 aromatic heterocycles. The first-order valence-corrected chi connectivity index (χ1v) is 13.7. The SMILES string of the molecule is CC(C)c1cnn2c(NC3CC4CCC(C3)N4C(=O)OC3CN(C(=O)/C=C/CN(C)C)C3)cc(C(F)(F)F)nc12. The molecule has 2 atom stereocenters. The lowest BCUT2D eigenvalue weighted by atomic mass is 9.97. The Morgan fingerprint density at radius 2 is 1.88 bits per heavy atom. The topological polar surface area (TPSA) is 95.3 Å². The summed E-state index contributed by atoms with van der Waals surface area (Å²) < 4.78 is 48.2. The van der Waals surface area contributed by atoms with Gasteiger partial charge in [-0.3, -0.25) is 4.79 Å². The Hall–Kier alpha value is -3.35. The van der Waals surface area contributed by atoms with Gasteiger partial charge in [0.1, 0.15) is 11.9 Å². The number of hydrogen-bond acceptors (Lipinski definition) is 7. The number of carbonyl (C=O) groups is 2. The maximum absolute atomic E-state index is 13.7. The van der Waals surface area contributed by atoms with Crippen molar-refractivity contribution in [1.82, 2.24) is 29.3 Å². The minimum atomic E-state index is -4.59. The predicted octanol–water partition coefficient (Wildman–Crippen LogP) is 3.74. The predicted molar refractivity (Wildman–Crippen MR) is 142 cm³/mol. The number of rotatable bonds is 7. The molecule has 5 heterocycles. The van der Waals surface area contributed by atoms with Crippen LogP contribution in [0.2, 0.25) is 0 Å². The maximum atomic E-state index is 13.7. The van der Waals surface area contributed by atoms with Crippen LogP contribution in [0.15, 0.2) is 24.4 Å². The average Bonchev–Trinajstić information content (AvgIpc) is 3.39. The Balaban J connectivity index is 1.21. The molecule has 2 bridgehead atoms. The van der Waals surface area contributed by atoms with Crippen molar-refractivity contribution in [1.29, 1.82) is 0 Å². The van der Waals surface area contributed by atoms with Gasteiger partial charge in [0, 0.05) is 42.4 Å². The van der Waals surface area contributed by atoms with E-state index in [1.807, 2.05) is 32.8 Å². The highest BCUT2D eigenvalue weighted by atomic mass is 19.4. The molecular formula is C27H36F3N7O3. The van der Waals surface area contributed by atoms with E-state index in [2.05, 4.69) is 15.4 Å². The van der Waals surface area contributed by atoms with Crippen LogP contribution in [0.1, 0.15) is 56.7 Å². The van der Waals surface area contributed by atoms with E-state index in [9.17, 15) is 22.8 Å². The second-order valence-corrected chi connectivity index (χ2v) is 11.5. The van der Waals surface area contributed by atoms with E-state index in [0.717, 1.165) is 18.9 Å². The number of nitrogens with one attached hydrogen (secondary N) is 1. The van der Waals surface area contributed by atoms with Gasteiger partial charge in [-0.2, -0.15) is 22.8 Å². The van der Waals surface area contributed by atoms with E-state index in [0.29, 0.717) is 38.0 Å². The summed E-state index contributed by atoms with van der Waals surface area (Å²) in [6.07, 6.45) is 2.38. The van der Waals surface area contributed by atoms with Crippen molar-refractivity contribution in [2.24, 2.45) is 0 Å². The van der Waals surface area contributed by atoms with Crippen LogP contribution in [0, 0.1) is 0 Å². The average molecular weight is 564 g/mol. The van der Waals surface area contributed by atoms with E-state index in [1.165, 1.54) is 10.6 Å². The molecule has 0 spiro atoms. The van der Waals surface area contributed by atoms with Crippen LogP contribution in [0.3, 0.4) is 0 Å². The third-order valence-electron chi connectivity index (χ3n) is 7.87. The highest BCUT2D eigenvalue weighted by Crippen LogP contribution is 2.38. The zero-order chi connectivity index (χ0) is 28.8. The van der Waals surface area contributed by atoms with E-state index in [1.54, 1.807) is 22.1 Å². The van der Waals surface area contributed by atoms with Gasteiger partial charge in [-0.15, -0.1) is 0 Å². The van der Waals surface area contributed by atoms with Crippen LogP contribution in [-0.4, -0.2) is 99.3 Å². The zero-order valence-electron chi connectivity index (χ0n) is 23.2. The lowest BCUT2D eigenvalue weighted by Crippen LogP contribution is -2.57. The Morgan fingerprint density at radius 1 is 1.20 bits per heavy atom. The fourth-order valence-corrected chi connectivity index (χ4v) is 5.80. The molecule has 3 saturated heterocycles. The number of likely N-dealkylation sites (N-methyl/N-ethyl adjacent to an activating group) is 1. The molecule has 2 unspecified atom stereocenters. The standard InChI is InChI=1S/C27H36F3N7O3/c1-16(2)21-13-31-37-23(12-22(27(28,29)30)33-25(21)37)32-17-10-18-7-8-19(11-17)36(18)26(39)40-20-14-35(15-20)24(38)6-5-9-34(3)4/h5-6,12-13,16-20,32H,7-11,14-15H2,1-4H3/b6-5+. The monoisotopic (exact) mass is 563 g/mol. The van der Waals surface area contributed by atoms with Crippen LogP contribution < -0.4 is 5.32 Å². The molecule has 218 valence electrons. The first kappa shape index (κ1) is 28.2. The molecule has 3 aliphatic rings. The number of hydrogen-bond donors (Lipinski definition) is 1. The lowest BCUT2D eigenvalue weighted by Gasteiger charge is -2.42. The van der Waals surface area contributed by atoms with Crippen molar-refractivity contribution in [3.63, 3.8) is 0 Å². The Labute approximate surface area is 231 Å². The zero-order valence-corrected chi connectivity index (χ0v) is 23.2. The van der Waals surface area contributed by atoms with Crippen molar-refractivity contribution >= 4 is 23.5 Å². The number of piperidine rings is 1. The maximum Gasteiger partial charge on any atom is 0.433 e. The summed E-state index contributed by atoms with van der Waals surface area (Å²) >= 11 is 0. The van der Waals surface area contributed by atoms with Crippen LogP contribution in [0.25, 0.3) is 5.65 Å². The van der Waals surface area contributed by atoms with E-state index < -0.39 is 11.9 Å². The molecule has 0 saturated carbocycles. The number of alkyl halides is 3. The Kier molecular flexibility index (Phi) is 7.68. The van der Waals surface area contributed by atoms with Gasteiger partial charge in [-0.05, 0) is 45.7 Å². The van der Waals surface area contributed by atoms with Gasteiger partial charge >= 0.3 is 12.3 Å². The Morgan fingerprint density at radius 3 is 2.48 bits per heavy atom. The van der Waals surface area contributed by atoms with Gasteiger partial charge in [0.25, 0.3) is 0 Å². The highest BCUT2D eigenvalue weighted by Gasteiger charge is 2.46. The molecular weight excluding hydrogens is 527 g/mol. The number of fused-ring (bicyclic) bond motifs is 3. The highest BCUT2D eigenvalue weighted by molar-refractivity contribution is 5.88. The van der Waals surface area contributed by atoms with Crippen LogP contribution in [0.4, 0.5) is 23.8 Å². The fourth-order valence-electron chi connectivity index (χ4n) is 5.80. The lowest BCUT2D eigenvalue weighted by molar-refractivity contribution is -0.141. The molecule has 40 heavy (non-hydrogen) atoms. The second kappa shape index (κ2) is 10.9. The summed E-state index contributed by atoms with van der Waals surface area (Å²) in [7, 11) is 3.84. The quantitative estimate of drug-likeness (QED) is 0.513. The molecule has 10 nitrogen and oxygen atoms in total. The number of likely N-dealkylation sites (tertiary alicyclic amines) is 1. The summed E-state index contributed by atoms with van der Waals surface area (Å²) in [6, 6.07) is 0.731. The summed E-state index contributed by atoms with van der Waals surface area (Å²) in [5, 5.41) is 7.60. The molecule has 0 aromatic carbocycles. The molecule has 5 rings (SSSR count). The fraction of sp³-hybridized carbons (Fsp3) is 0.630. The minimum Gasteiger partial charge on any atom is -0.442 e. The van der Waals surface area contributed by atoms with Gasteiger partial charge < -0.3 is 24.8 Å². The van der Waals surface area contributed by atoms with E-state index >= 15 is 0 Å². The molecule has 1 N–H and O–H groups in total. The van der Waals surface area contributed by atoms with E-state index in [-0.39, 0.29) is 53.6 Å². The third-order valence-corrected chi connectivity index (χ3v) is 7.87. The van der Waals surface area contributed by atoms with E-state index in [4.69, 9.17) is 4.74 Å². The van der Waals surface area contributed by atoms with Crippen molar-refractivity contribution in [2.45, 2.75) is 75.9 Å². The number of anilines is 1. The molecule has 2 amide bonds. The molecule has 0 aliphatic carbocycles. The van der Waals surface area contributed by atoms with Crippen molar-refractivity contribution < 1.29 is 27.5 Å². The van der Waals surface area contributed by atoms with Crippen LogP contribution in [0.5, 0.6) is 0 Å². The first-order valence-electron chi connectivity index (χ1n) is 13.7. The Bertz CT molecular complexity index is 1270. The van der Waals surface area contributed by atoms with Gasteiger partial charge in [-0.25, -0.2) is 9.78 Å². The van der Waals surface area contributed by atoms with Gasteiger partial charge in [-0.1, -0.05) is 19.9 Å². The molecule has 2 aromatic rings. The number of nitrogens with zero attached hydrogens (tertiary/aromatic N) is 6. The van der Waals surface area contributed by atoms with Gasteiger partial charge in [0.2, 0.25) is 5.91 Å². The van der Waals surface area contributed by atoms with Crippen molar-refractivity contribution in [3.05, 3.63) is 35.7 Å². The summed E-state index contributed by atoms with van der Waals surface area (Å²) in [5.74, 6) is 0.105. The number of amides is 2. The molecule has 3 aliphatic heterocycles. The number of aromatic nitrogens is 3. The second-order valence-electron chi connectivity index (χ2n) is 11.5. The minimum absolute atomic E-state index is 0.0353. The number of halogens is 3. The molecule has 3 fully saturated rings. The van der Waals surface area contributed by atoms with Crippen LogP contribution >= 0.6 is 0 Å². The molecule has 0 radical (unpaired) electrons. The van der Waals surface area contributed by atoms with Gasteiger partial charge in [0.15, 0.2) is 11.3 Å². The van der Waals surface area contributed by atoms with Crippen molar-refractivity contribution in [3.8, 4) is 0 Å². The van der Waals surface area contributed by atoms with Gasteiger partial charge in [0.05, 0.1) is 19.3 Å². The summed E-state index contributed by atoms with van der Waals surface area (Å²) in [6.45, 7) is 5.18. The van der Waals surface area contributed by atoms with Crippen LogP contribution in [-0.2, 0) is 15.7 Å². The smallest absolute Gasteiger partial charge is 0.433 e. The number of carbonyl (C=O) groups excluding carboxylic acids is 2. The van der Waals surface area contributed by atoms with Crippen molar-refractivity contribution in [2.75, 3.05) is 39.0 Å². The molecule has 13 heteroatoms. The summed E-state index contributed by atoms with van der Waals surface area (Å²) in [4.78, 5) is 34.5. The summed E-state index contributed by atoms with van der Waals surface area (Å²) in [5.41, 5.74) is -0.125. The largest absolute Gasteiger partial charge is 0.442 e. The number of ether oxygens (including phenoxy) is 1.